The van der Waals surface area contributed by atoms with Gasteiger partial charge in [-0.15, -0.1) is 0 Å². The van der Waals surface area contributed by atoms with Crippen molar-refractivity contribution < 1.29 is 14.0 Å². The van der Waals surface area contributed by atoms with E-state index in [2.05, 4.69) is 9.97 Å². The van der Waals surface area contributed by atoms with Gasteiger partial charge in [0.15, 0.2) is 0 Å². The van der Waals surface area contributed by atoms with E-state index in [9.17, 15) is 14.0 Å². The smallest absolute Gasteiger partial charge is 0.274 e. The molecule has 136 valence electrons. The third-order valence-electron chi connectivity index (χ3n) is 4.46. The molecule has 1 aromatic carbocycles. The van der Waals surface area contributed by atoms with Gasteiger partial charge in [-0.1, -0.05) is 12.1 Å². The van der Waals surface area contributed by atoms with Crippen LogP contribution in [0.15, 0.2) is 42.9 Å². The zero-order valence-corrected chi connectivity index (χ0v) is 14.5. The Kier molecular flexibility index (Phi) is 5.88. The van der Waals surface area contributed by atoms with Crippen LogP contribution >= 0.6 is 0 Å². The van der Waals surface area contributed by atoms with Crippen molar-refractivity contribution in [1.82, 2.24) is 19.8 Å². The van der Waals surface area contributed by atoms with E-state index in [0.29, 0.717) is 44.7 Å². The van der Waals surface area contributed by atoms with Crippen LogP contribution in [-0.4, -0.2) is 57.8 Å². The summed E-state index contributed by atoms with van der Waals surface area (Å²) in [6.07, 6.45) is 6.17. The summed E-state index contributed by atoms with van der Waals surface area (Å²) < 4.78 is 12.9. The van der Waals surface area contributed by atoms with Gasteiger partial charge in [0.1, 0.15) is 11.5 Å². The average Bonchev–Trinajstić information content (AvgIpc) is 2.94. The molecule has 2 aromatic rings. The number of nitrogens with zero attached hydrogens (tertiary/aromatic N) is 4. The Bertz CT molecular complexity index is 752. The zero-order valence-electron chi connectivity index (χ0n) is 14.5. The normalized spacial score (nSPS) is 14.8. The standard InChI is InChI=1S/C19H21FN4O2/c20-16-5-2-15(3-6-16)4-7-18(25)23-10-1-11-24(13-12-23)19(26)17-14-21-8-9-22-17/h2-3,5-6,8-9,14H,1,4,7,10-13H2. The number of aromatic nitrogens is 2. The lowest BCUT2D eigenvalue weighted by atomic mass is 10.1. The summed E-state index contributed by atoms with van der Waals surface area (Å²) >= 11 is 0. The predicted molar refractivity (Wildman–Crippen MR) is 93.9 cm³/mol. The van der Waals surface area contributed by atoms with Gasteiger partial charge in [0.2, 0.25) is 5.91 Å². The fraction of sp³-hybridized carbons (Fsp3) is 0.368. The number of carbonyl (C=O) groups excluding carboxylic acids is 2. The van der Waals surface area contributed by atoms with Crippen molar-refractivity contribution in [3.05, 3.63) is 59.9 Å². The van der Waals surface area contributed by atoms with Crippen LogP contribution in [0, 0.1) is 5.82 Å². The van der Waals surface area contributed by atoms with Crippen LogP contribution in [0.4, 0.5) is 4.39 Å². The van der Waals surface area contributed by atoms with Gasteiger partial charge in [0.05, 0.1) is 6.20 Å². The highest BCUT2D eigenvalue weighted by Gasteiger charge is 2.23. The fourth-order valence-electron chi connectivity index (χ4n) is 3.00. The van der Waals surface area contributed by atoms with Gasteiger partial charge < -0.3 is 9.80 Å². The maximum Gasteiger partial charge on any atom is 0.274 e. The third kappa shape index (κ3) is 4.62. The molecule has 0 atom stereocenters. The van der Waals surface area contributed by atoms with Crippen LogP contribution in [0.5, 0.6) is 0 Å². The highest BCUT2D eigenvalue weighted by Crippen LogP contribution is 2.11. The number of hydrogen-bond acceptors (Lipinski definition) is 4. The predicted octanol–water partition coefficient (Wildman–Crippen LogP) is 1.92. The molecule has 1 fully saturated rings. The van der Waals surface area contributed by atoms with Crippen molar-refractivity contribution in [1.29, 1.82) is 0 Å². The van der Waals surface area contributed by atoms with Gasteiger partial charge >= 0.3 is 0 Å². The van der Waals surface area contributed by atoms with Crippen molar-refractivity contribution in [3.63, 3.8) is 0 Å². The molecular formula is C19H21FN4O2. The third-order valence-corrected chi connectivity index (χ3v) is 4.46. The Morgan fingerprint density at radius 1 is 1.00 bits per heavy atom. The summed E-state index contributed by atoms with van der Waals surface area (Å²) in [5.74, 6) is -0.373. The number of amides is 2. The molecule has 0 unspecified atom stereocenters. The zero-order chi connectivity index (χ0) is 18.4. The number of benzene rings is 1. The molecule has 1 aliphatic rings. The summed E-state index contributed by atoms with van der Waals surface area (Å²) in [4.78, 5) is 36.4. The second kappa shape index (κ2) is 8.51. The first-order chi connectivity index (χ1) is 12.6. The second-order valence-electron chi connectivity index (χ2n) is 6.24. The Morgan fingerprint density at radius 3 is 2.46 bits per heavy atom. The largest absolute Gasteiger partial charge is 0.341 e. The fourth-order valence-corrected chi connectivity index (χ4v) is 3.00. The van der Waals surface area contributed by atoms with Crippen molar-refractivity contribution >= 4 is 11.8 Å². The topological polar surface area (TPSA) is 66.4 Å². The van der Waals surface area contributed by atoms with Gasteiger partial charge in [-0.2, -0.15) is 0 Å². The van der Waals surface area contributed by atoms with Crippen LogP contribution in [0.3, 0.4) is 0 Å². The van der Waals surface area contributed by atoms with E-state index in [4.69, 9.17) is 0 Å². The van der Waals surface area contributed by atoms with E-state index in [0.717, 1.165) is 12.0 Å². The molecular weight excluding hydrogens is 335 g/mol. The van der Waals surface area contributed by atoms with E-state index >= 15 is 0 Å². The van der Waals surface area contributed by atoms with Crippen LogP contribution in [0.1, 0.15) is 28.9 Å². The molecule has 0 spiro atoms. The summed E-state index contributed by atoms with van der Waals surface area (Å²) in [5, 5.41) is 0. The molecule has 0 N–H and O–H groups in total. The van der Waals surface area contributed by atoms with Crippen LogP contribution in [-0.2, 0) is 11.2 Å². The Hall–Kier alpha value is -2.83. The molecule has 0 radical (unpaired) electrons. The lowest BCUT2D eigenvalue weighted by Crippen LogP contribution is -2.37. The Balaban J connectivity index is 1.52. The average molecular weight is 356 g/mol. The maximum atomic E-state index is 12.9. The number of aryl methyl sites for hydroxylation is 1. The van der Waals surface area contributed by atoms with E-state index in [1.54, 1.807) is 21.9 Å². The summed E-state index contributed by atoms with van der Waals surface area (Å²) in [6, 6.07) is 6.21. The van der Waals surface area contributed by atoms with E-state index in [-0.39, 0.29) is 17.6 Å². The minimum Gasteiger partial charge on any atom is -0.341 e. The molecule has 0 aliphatic carbocycles. The first kappa shape index (κ1) is 18.0. The molecule has 3 rings (SSSR count). The van der Waals surface area contributed by atoms with Crippen LogP contribution in [0.25, 0.3) is 0 Å². The van der Waals surface area contributed by atoms with Crippen LogP contribution < -0.4 is 0 Å². The molecule has 7 heteroatoms. The molecule has 2 amide bonds. The molecule has 0 saturated carbocycles. The van der Waals surface area contributed by atoms with Crippen molar-refractivity contribution in [2.75, 3.05) is 26.2 Å². The van der Waals surface area contributed by atoms with Gasteiger partial charge in [-0.25, -0.2) is 9.37 Å². The first-order valence-corrected chi connectivity index (χ1v) is 8.71. The molecule has 26 heavy (non-hydrogen) atoms. The second-order valence-corrected chi connectivity index (χ2v) is 6.24. The van der Waals surface area contributed by atoms with E-state index in [1.165, 1.54) is 30.7 Å². The molecule has 1 saturated heterocycles. The van der Waals surface area contributed by atoms with E-state index < -0.39 is 0 Å². The van der Waals surface area contributed by atoms with Gasteiger partial charge in [0, 0.05) is 45.0 Å². The van der Waals surface area contributed by atoms with E-state index in [1.807, 2.05) is 0 Å². The number of carbonyl (C=O) groups is 2. The van der Waals surface area contributed by atoms with Gasteiger partial charge in [-0.3, -0.25) is 14.6 Å². The first-order valence-electron chi connectivity index (χ1n) is 8.71. The highest BCUT2D eigenvalue weighted by atomic mass is 19.1. The Labute approximate surface area is 151 Å². The number of rotatable bonds is 4. The number of halogens is 1. The number of hydrogen-bond donors (Lipinski definition) is 0. The lowest BCUT2D eigenvalue weighted by molar-refractivity contribution is -0.131. The Morgan fingerprint density at radius 2 is 1.73 bits per heavy atom. The van der Waals surface area contributed by atoms with Crippen molar-refractivity contribution in [2.45, 2.75) is 19.3 Å². The minimum absolute atomic E-state index is 0.0585. The van der Waals surface area contributed by atoms with Gasteiger partial charge in [-0.05, 0) is 30.5 Å². The maximum absolute atomic E-state index is 12.9. The van der Waals surface area contributed by atoms with Crippen molar-refractivity contribution in [3.8, 4) is 0 Å². The minimum atomic E-state index is -0.277. The summed E-state index contributed by atoms with van der Waals surface area (Å²) in [7, 11) is 0. The van der Waals surface area contributed by atoms with Crippen LogP contribution in [0.2, 0.25) is 0 Å². The molecule has 0 bridgehead atoms. The summed E-state index contributed by atoms with van der Waals surface area (Å²) in [6.45, 7) is 2.22. The lowest BCUT2D eigenvalue weighted by Gasteiger charge is -2.22. The SMILES string of the molecule is O=C(CCc1ccc(F)cc1)N1CCCN(C(=O)c2cnccn2)CC1. The highest BCUT2D eigenvalue weighted by molar-refractivity contribution is 5.92. The van der Waals surface area contributed by atoms with Crippen molar-refractivity contribution in [2.24, 2.45) is 0 Å². The summed E-state index contributed by atoms with van der Waals surface area (Å²) in [5.41, 5.74) is 1.26. The quantitative estimate of drug-likeness (QED) is 0.840. The molecule has 1 aliphatic heterocycles. The molecule has 6 nitrogen and oxygen atoms in total. The molecule has 2 heterocycles. The molecule has 1 aromatic heterocycles. The van der Waals surface area contributed by atoms with Gasteiger partial charge in [0.25, 0.3) is 5.91 Å². The monoisotopic (exact) mass is 356 g/mol.